The van der Waals surface area contributed by atoms with Crippen molar-refractivity contribution in [1.29, 1.82) is 0 Å². The second kappa shape index (κ2) is 18.0. The molecule has 10 nitrogen and oxygen atoms in total. The lowest BCUT2D eigenvalue weighted by molar-refractivity contribution is -0.137. The van der Waals surface area contributed by atoms with E-state index in [0.29, 0.717) is 64.1 Å². The zero-order chi connectivity index (χ0) is 37.4. The quantitative estimate of drug-likeness (QED) is 0.0984. The van der Waals surface area contributed by atoms with Crippen molar-refractivity contribution in [1.82, 2.24) is 29.6 Å². The van der Waals surface area contributed by atoms with Crippen LogP contribution in [0.4, 0.5) is 5.82 Å². The number of Topliss-reactive ketones (excluding diaryl/α,β-unsaturated/α-hetero) is 1. The van der Waals surface area contributed by atoms with Gasteiger partial charge in [-0.25, -0.2) is 15.0 Å². The van der Waals surface area contributed by atoms with E-state index in [1.807, 2.05) is 84.3 Å². The summed E-state index contributed by atoms with van der Waals surface area (Å²) in [5.41, 5.74) is 3.49. The topological polar surface area (TPSA) is 123 Å². The highest BCUT2D eigenvalue weighted by molar-refractivity contribution is 9.10. The third-order valence-corrected chi connectivity index (χ3v) is 10.1. The Morgan fingerprint density at radius 3 is 2.37 bits per heavy atom. The lowest BCUT2D eigenvalue weighted by Gasteiger charge is -2.37. The normalized spacial score (nSPS) is 20.0. The average Bonchev–Trinajstić information content (AvgIpc) is 3.70. The molecule has 5 unspecified atom stereocenters. The first-order valence-electron chi connectivity index (χ1n) is 18.3. The molecule has 2 radical (unpaired) electrons. The van der Waals surface area contributed by atoms with Crippen molar-refractivity contribution < 1.29 is 14.4 Å². The summed E-state index contributed by atoms with van der Waals surface area (Å²) in [6.07, 6.45) is 8.30. The highest BCUT2D eigenvalue weighted by atomic mass is 79.9. The number of fused-ring (bicyclic) bond motifs is 1. The fourth-order valence-electron chi connectivity index (χ4n) is 6.84. The first-order valence-corrected chi connectivity index (χ1v) is 19.1. The number of benzene rings is 1. The van der Waals surface area contributed by atoms with E-state index in [0.717, 1.165) is 35.4 Å². The van der Waals surface area contributed by atoms with Gasteiger partial charge in [0.15, 0.2) is 5.78 Å². The van der Waals surface area contributed by atoms with Gasteiger partial charge in [0, 0.05) is 42.7 Å². The Bertz CT molecular complexity index is 1830. The molecule has 1 saturated carbocycles. The van der Waals surface area contributed by atoms with Gasteiger partial charge < -0.3 is 10.2 Å². The molecule has 51 heavy (non-hydrogen) atoms. The molecule has 0 spiro atoms. The first-order chi connectivity index (χ1) is 24.5. The number of hydrogen-bond acceptors (Lipinski definition) is 7. The third kappa shape index (κ3) is 9.12. The second-order valence-electron chi connectivity index (χ2n) is 13.3. The Kier molecular flexibility index (Phi) is 14.1. The van der Waals surface area contributed by atoms with Crippen LogP contribution in [0.5, 0.6) is 0 Å². The zero-order valence-electron chi connectivity index (χ0n) is 31.2. The highest BCUT2D eigenvalue weighted by Gasteiger charge is 2.38. The van der Waals surface area contributed by atoms with Crippen molar-refractivity contribution in [3.05, 3.63) is 64.4 Å². The molecule has 0 bridgehead atoms. The molecule has 1 aromatic carbocycles. The monoisotopic (exact) mass is 755 g/mol. The fraction of sp³-hybridized carbons (Fsp3) is 0.513. The van der Waals surface area contributed by atoms with E-state index < -0.39 is 6.04 Å². The molecule has 1 saturated heterocycles. The maximum Gasteiger partial charge on any atom is 0.248 e. The van der Waals surface area contributed by atoms with Crippen molar-refractivity contribution in [3.8, 4) is 11.1 Å². The average molecular weight is 757 g/mol. The molecule has 12 heteroatoms. The van der Waals surface area contributed by atoms with Crippen LogP contribution in [0.25, 0.3) is 22.0 Å². The number of hydrogen-bond donors (Lipinski definition) is 1. The summed E-state index contributed by atoms with van der Waals surface area (Å²) < 4.78 is 2.18. The van der Waals surface area contributed by atoms with Gasteiger partial charge in [-0.15, -0.1) is 0 Å². The van der Waals surface area contributed by atoms with Crippen LogP contribution in [-0.2, 0) is 16.1 Å². The zero-order valence-corrected chi connectivity index (χ0v) is 32.8. The van der Waals surface area contributed by atoms with Crippen LogP contribution in [0.15, 0.2) is 47.3 Å². The predicted octanol–water partition coefficient (Wildman–Crippen LogP) is 8.20. The molecular formula is C39H51BBrN7O3. The number of rotatable bonds is 10. The van der Waals surface area contributed by atoms with Crippen molar-refractivity contribution in [2.45, 2.75) is 106 Å². The van der Waals surface area contributed by atoms with E-state index in [9.17, 15) is 14.4 Å². The number of carbonyl (C=O) groups excluding carboxylic acids is 3. The van der Waals surface area contributed by atoms with Crippen LogP contribution in [0.3, 0.4) is 0 Å². The van der Waals surface area contributed by atoms with Gasteiger partial charge in [-0.1, -0.05) is 65.9 Å². The SMILES string of the molecule is CC.CC.[B]CC(C)CC1CCC1c1ncc(-c2ccc3c(c2)c(C(C)=O)nn3CC(=O)N2CC(C)CC2C(=O)Nc2nc(Br)ccc2C)cn1. The summed E-state index contributed by atoms with van der Waals surface area (Å²) in [5.74, 6) is 2.20. The molecule has 2 aliphatic rings. The second-order valence-corrected chi connectivity index (χ2v) is 14.1. The van der Waals surface area contributed by atoms with Gasteiger partial charge in [-0.05, 0) is 89.7 Å². The maximum atomic E-state index is 13.7. The molecule has 3 aromatic heterocycles. The fourth-order valence-corrected chi connectivity index (χ4v) is 7.15. The Balaban J connectivity index is 0.00000141. The smallest absolute Gasteiger partial charge is 0.248 e. The number of nitrogens with one attached hydrogen (secondary N) is 1. The minimum absolute atomic E-state index is 0.100. The van der Waals surface area contributed by atoms with Crippen LogP contribution >= 0.6 is 15.9 Å². The Morgan fingerprint density at radius 1 is 1.04 bits per heavy atom. The van der Waals surface area contributed by atoms with E-state index in [1.54, 1.807) is 9.58 Å². The third-order valence-electron chi connectivity index (χ3n) is 9.67. The molecule has 1 N–H and O–H groups in total. The first kappa shape index (κ1) is 39.9. The van der Waals surface area contributed by atoms with Gasteiger partial charge in [0.2, 0.25) is 11.8 Å². The van der Waals surface area contributed by atoms with Crippen molar-refractivity contribution in [3.63, 3.8) is 0 Å². The molecule has 6 rings (SSSR count). The summed E-state index contributed by atoms with van der Waals surface area (Å²) in [4.78, 5) is 55.3. The highest BCUT2D eigenvalue weighted by Crippen LogP contribution is 2.45. The summed E-state index contributed by atoms with van der Waals surface area (Å²) in [6, 6.07) is 8.76. The van der Waals surface area contributed by atoms with E-state index >= 15 is 0 Å². The number of nitrogens with zero attached hydrogens (tertiary/aromatic N) is 6. The Morgan fingerprint density at radius 2 is 1.75 bits per heavy atom. The number of carbonyl (C=O) groups is 3. The number of amides is 2. The number of halogens is 1. The van der Waals surface area contributed by atoms with Gasteiger partial charge in [-0.2, -0.15) is 5.10 Å². The number of anilines is 1. The molecule has 2 amide bonds. The number of aryl methyl sites for hydroxylation is 1. The largest absolute Gasteiger partial charge is 0.329 e. The molecule has 270 valence electrons. The minimum Gasteiger partial charge on any atom is -0.329 e. The summed E-state index contributed by atoms with van der Waals surface area (Å²) in [5, 5.41) is 8.13. The van der Waals surface area contributed by atoms with Crippen LogP contribution in [0, 0.1) is 24.7 Å². The lowest BCUT2D eigenvalue weighted by atomic mass is 9.68. The van der Waals surface area contributed by atoms with Gasteiger partial charge in [0.05, 0.1) is 13.4 Å². The van der Waals surface area contributed by atoms with Crippen molar-refractivity contribution >= 4 is 58.1 Å². The summed E-state index contributed by atoms with van der Waals surface area (Å²) in [7, 11) is 5.85. The van der Waals surface area contributed by atoms with E-state index in [4.69, 9.17) is 17.8 Å². The molecule has 5 atom stereocenters. The maximum absolute atomic E-state index is 13.7. The van der Waals surface area contributed by atoms with E-state index in [-0.39, 0.29) is 30.1 Å². The molecule has 2 fully saturated rings. The van der Waals surface area contributed by atoms with Gasteiger partial charge in [-0.3, -0.25) is 19.1 Å². The summed E-state index contributed by atoms with van der Waals surface area (Å²) in [6.45, 7) is 15.9. The van der Waals surface area contributed by atoms with E-state index in [2.05, 4.69) is 38.3 Å². The standard InChI is InChI=1S/C35H39BBrN7O3.2C2H6/c1-19(14-36)11-24-6-8-26(24)34-38-15-25(16-39-34)23-7-9-28-27(13-23)32(22(4)45)42-44(28)18-31(46)43-17-20(2)12-29(43)35(47)41-33-21(3)5-10-30(37)40-33;2*1-2/h5,7,9-10,13,15-16,19-20,24,26,29H,6,8,11-12,14,17-18H2,1-4H3,(H,40,41,47);2*1-2H3. The minimum atomic E-state index is -0.638. The molecule has 1 aliphatic heterocycles. The Labute approximate surface area is 312 Å². The number of pyridine rings is 1. The number of ketones is 1. The molecular weight excluding hydrogens is 705 g/mol. The van der Waals surface area contributed by atoms with Gasteiger partial charge >= 0.3 is 0 Å². The van der Waals surface area contributed by atoms with Gasteiger partial charge in [0.1, 0.15) is 34.5 Å². The molecule has 4 aromatic rings. The Hall–Kier alpha value is -3.93. The lowest BCUT2D eigenvalue weighted by Crippen LogP contribution is -2.44. The van der Waals surface area contributed by atoms with E-state index in [1.165, 1.54) is 13.3 Å². The molecule has 1 aliphatic carbocycles. The van der Waals surface area contributed by atoms with Crippen molar-refractivity contribution in [2.75, 3.05) is 11.9 Å². The predicted molar refractivity (Wildman–Crippen MR) is 208 cm³/mol. The van der Waals surface area contributed by atoms with Crippen LogP contribution in [0.1, 0.15) is 102 Å². The number of likely N-dealkylation sites (tertiary alicyclic amines) is 1. The molecule has 4 heterocycles. The van der Waals surface area contributed by atoms with Gasteiger partial charge in [0.25, 0.3) is 0 Å². The van der Waals surface area contributed by atoms with Crippen LogP contribution < -0.4 is 5.32 Å². The van der Waals surface area contributed by atoms with Crippen molar-refractivity contribution in [2.24, 2.45) is 17.8 Å². The van der Waals surface area contributed by atoms with Crippen LogP contribution in [0.2, 0.25) is 6.32 Å². The number of aromatic nitrogens is 5. The van der Waals surface area contributed by atoms with Crippen LogP contribution in [-0.4, -0.2) is 67.7 Å². The summed E-state index contributed by atoms with van der Waals surface area (Å²) >= 11 is 3.35.